The van der Waals surface area contributed by atoms with Gasteiger partial charge < -0.3 is 40.3 Å². The summed E-state index contributed by atoms with van der Waals surface area (Å²) in [5.74, 6) is -0.184. The zero-order chi connectivity index (χ0) is 62.1. The summed E-state index contributed by atoms with van der Waals surface area (Å²) in [5.41, 5.74) is 0. The molecule has 0 bridgehead atoms. The maximum atomic E-state index is 13.1. The van der Waals surface area contributed by atoms with Gasteiger partial charge in [-0.25, -0.2) is 0 Å². The number of amides is 1. The monoisotopic (exact) mass is 1210 g/mol. The van der Waals surface area contributed by atoms with E-state index in [9.17, 15) is 30.3 Å². The van der Waals surface area contributed by atoms with Crippen LogP contribution in [0, 0.1) is 0 Å². The van der Waals surface area contributed by atoms with E-state index in [0.29, 0.717) is 6.42 Å². The second-order valence-corrected chi connectivity index (χ2v) is 26.1. The van der Waals surface area contributed by atoms with Gasteiger partial charge in [0.1, 0.15) is 24.4 Å². The number of carbonyl (C=O) groups excluding carboxylic acids is 1. The minimum atomic E-state index is -1.58. The molecule has 7 unspecified atom stereocenters. The van der Waals surface area contributed by atoms with E-state index in [4.69, 9.17) is 9.47 Å². The summed E-state index contributed by atoms with van der Waals surface area (Å²) in [6.07, 6.45) is 85.0. The summed E-state index contributed by atoms with van der Waals surface area (Å²) in [6.45, 7) is 3.80. The summed E-state index contributed by atoms with van der Waals surface area (Å²) in [5, 5.41) is 54.8. The highest BCUT2D eigenvalue weighted by molar-refractivity contribution is 5.76. The van der Waals surface area contributed by atoms with Crippen molar-refractivity contribution in [3.63, 3.8) is 0 Å². The van der Waals surface area contributed by atoms with Gasteiger partial charge in [0, 0.05) is 6.42 Å². The van der Waals surface area contributed by atoms with E-state index >= 15 is 0 Å². The van der Waals surface area contributed by atoms with Crippen molar-refractivity contribution in [2.24, 2.45) is 0 Å². The van der Waals surface area contributed by atoms with Gasteiger partial charge >= 0.3 is 0 Å². The van der Waals surface area contributed by atoms with Crippen molar-refractivity contribution in [2.45, 2.75) is 410 Å². The van der Waals surface area contributed by atoms with Crippen LogP contribution in [0.2, 0.25) is 0 Å². The molecule has 0 aromatic rings. The van der Waals surface area contributed by atoms with Gasteiger partial charge in [-0.15, -0.1) is 0 Å². The normalized spacial score (nSPS) is 18.3. The predicted octanol–water partition coefficient (Wildman–Crippen LogP) is 20.9. The minimum absolute atomic E-state index is 0.184. The van der Waals surface area contributed by atoms with E-state index in [1.54, 1.807) is 6.08 Å². The molecule has 1 amide bonds. The van der Waals surface area contributed by atoms with Crippen molar-refractivity contribution < 1.29 is 39.8 Å². The van der Waals surface area contributed by atoms with Crippen molar-refractivity contribution in [2.75, 3.05) is 13.2 Å². The summed E-state index contributed by atoms with van der Waals surface area (Å²) in [6, 6.07) is -0.830. The first-order valence-electron chi connectivity index (χ1n) is 37.5. The standard InChI is InChI=1S/C77H143NO8/c1-3-5-7-9-11-13-15-17-19-21-23-25-27-29-31-32-33-34-35-36-37-38-39-40-41-43-45-47-49-51-53-55-57-59-61-63-65-67-73(81)78-70(69-85-77-76(84)75(83)74(82)72(68-79)86-77)71(80)66-64-62-60-58-56-54-52-50-48-46-44-42-30-28-26-24-22-20-18-16-14-12-10-8-6-4-2/h15,17,21,23,48,50,56,58,64,66,70-72,74-77,79-80,82-84H,3-14,16,18-20,22,24-47,49,51-55,57,59-63,65,67-69H2,1-2H3,(H,78,81)/b17-15-,23-21-,50-48+,58-56+,66-64+. The molecule has 0 saturated carbocycles. The van der Waals surface area contributed by atoms with Gasteiger partial charge in [0.15, 0.2) is 6.29 Å². The topological polar surface area (TPSA) is 149 Å². The lowest BCUT2D eigenvalue weighted by molar-refractivity contribution is -0.302. The summed E-state index contributed by atoms with van der Waals surface area (Å²) in [7, 11) is 0. The van der Waals surface area contributed by atoms with Crippen LogP contribution in [-0.4, -0.2) is 87.5 Å². The molecule has 86 heavy (non-hydrogen) atoms. The molecule has 1 saturated heterocycles. The number of unbranched alkanes of at least 4 members (excludes halogenated alkanes) is 48. The first-order chi connectivity index (χ1) is 42.3. The highest BCUT2D eigenvalue weighted by atomic mass is 16.7. The summed E-state index contributed by atoms with van der Waals surface area (Å²) >= 11 is 0. The van der Waals surface area contributed by atoms with Crippen LogP contribution < -0.4 is 5.32 Å². The maximum absolute atomic E-state index is 13.1. The van der Waals surface area contributed by atoms with E-state index in [-0.39, 0.29) is 12.5 Å². The van der Waals surface area contributed by atoms with Crippen LogP contribution in [0.25, 0.3) is 0 Å². The smallest absolute Gasteiger partial charge is 0.220 e. The average Bonchev–Trinajstić information content (AvgIpc) is 2.44. The van der Waals surface area contributed by atoms with Crippen LogP contribution in [0.4, 0.5) is 0 Å². The molecule has 0 aromatic heterocycles. The lowest BCUT2D eigenvalue weighted by Crippen LogP contribution is -2.60. The van der Waals surface area contributed by atoms with Crippen molar-refractivity contribution in [3.05, 3.63) is 60.8 Å². The molecule has 504 valence electrons. The largest absolute Gasteiger partial charge is 0.394 e. The number of carbonyl (C=O) groups is 1. The SMILES string of the molecule is CCCCCCC/C=C\C/C=C\CCCCCCCCCCCCCCCCCCCCCCCCCCCC(=O)NC(COC1OC(CO)C(O)C(O)C1O)C(O)/C=C/CC/C=C/CC/C=C/CCCCCCCCCCCCCCCCCC. The Balaban J connectivity index is 2.10. The van der Waals surface area contributed by atoms with Gasteiger partial charge in [-0.3, -0.25) is 4.79 Å². The minimum Gasteiger partial charge on any atom is -0.394 e. The molecule has 6 N–H and O–H groups in total. The molecular weight excluding hydrogens is 1070 g/mol. The molecule has 0 aromatic carbocycles. The van der Waals surface area contributed by atoms with E-state index in [2.05, 4.69) is 67.8 Å². The van der Waals surface area contributed by atoms with Crippen LogP contribution in [0.15, 0.2) is 60.8 Å². The van der Waals surface area contributed by atoms with E-state index < -0.39 is 49.5 Å². The molecule has 9 nitrogen and oxygen atoms in total. The van der Waals surface area contributed by atoms with Crippen molar-refractivity contribution in [3.8, 4) is 0 Å². The number of aliphatic hydroxyl groups excluding tert-OH is 5. The van der Waals surface area contributed by atoms with Crippen molar-refractivity contribution in [1.82, 2.24) is 5.32 Å². The quantitative estimate of drug-likeness (QED) is 0.0261. The molecule has 1 heterocycles. The van der Waals surface area contributed by atoms with Gasteiger partial charge in [0.05, 0.1) is 25.4 Å². The van der Waals surface area contributed by atoms with Gasteiger partial charge in [-0.1, -0.05) is 344 Å². The third kappa shape index (κ3) is 53.7. The molecule has 1 fully saturated rings. The van der Waals surface area contributed by atoms with Crippen LogP contribution in [0.1, 0.15) is 367 Å². The van der Waals surface area contributed by atoms with Gasteiger partial charge in [0.25, 0.3) is 0 Å². The first-order valence-corrected chi connectivity index (χ1v) is 37.5. The highest BCUT2D eigenvalue weighted by Crippen LogP contribution is 2.23. The fourth-order valence-electron chi connectivity index (χ4n) is 11.9. The Bertz CT molecular complexity index is 1540. The number of ether oxygens (including phenoxy) is 2. The Hall–Kier alpha value is -2.11. The predicted molar refractivity (Wildman–Crippen MR) is 369 cm³/mol. The molecular formula is C77H143NO8. The first kappa shape index (κ1) is 81.9. The second-order valence-electron chi connectivity index (χ2n) is 26.1. The Morgan fingerprint density at radius 1 is 0.395 bits per heavy atom. The number of aliphatic hydroxyl groups is 5. The molecule has 1 aliphatic heterocycles. The number of hydrogen-bond acceptors (Lipinski definition) is 8. The van der Waals surface area contributed by atoms with Crippen molar-refractivity contribution in [1.29, 1.82) is 0 Å². The maximum Gasteiger partial charge on any atom is 0.220 e. The number of rotatable bonds is 66. The van der Waals surface area contributed by atoms with Crippen LogP contribution in [0.5, 0.6) is 0 Å². The Morgan fingerprint density at radius 2 is 0.698 bits per heavy atom. The third-order valence-electron chi connectivity index (χ3n) is 17.8. The molecule has 1 rings (SSSR count). The molecule has 9 heteroatoms. The van der Waals surface area contributed by atoms with Gasteiger partial charge in [0.2, 0.25) is 5.91 Å². The summed E-state index contributed by atoms with van der Waals surface area (Å²) in [4.78, 5) is 13.1. The lowest BCUT2D eigenvalue weighted by Gasteiger charge is -2.40. The summed E-state index contributed by atoms with van der Waals surface area (Å²) < 4.78 is 11.3. The number of hydrogen-bond donors (Lipinski definition) is 6. The van der Waals surface area contributed by atoms with E-state index in [1.165, 1.54) is 295 Å². The molecule has 0 aliphatic carbocycles. The average molecular weight is 1210 g/mol. The molecule has 0 radical (unpaired) electrons. The fraction of sp³-hybridized carbons (Fsp3) is 0.857. The molecule has 7 atom stereocenters. The van der Waals surface area contributed by atoms with Gasteiger partial charge in [-0.2, -0.15) is 0 Å². The number of nitrogens with one attached hydrogen (secondary N) is 1. The lowest BCUT2D eigenvalue weighted by atomic mass is 9.99. The number of allylic oxidation sites excluding steroid dienone is 9. The van der Waals surface area contributed by atoms with Crippen LogP contribution in [0.3, 0.4) is 0 Å². The van der Waals surface area contributed by atoms with E-state index in [0.717, 1.165) is 51.4 Å². The van der Waals surface area contributed by atoms with Crippen LogP contribution in [-0.2, 0) is 14.3 Å². The highest BCUT2D eigenvalue weighted by Gasteiger charge is 2.44. The van der Waals surface area contributed by atoms with Crippen molar-refractivity contribution >= 4 is 5.91 Å². The van der Waals surface area contributed by atoms with Crippen LogP contribution >= 0.6 is 0 Å². The Morgan fingerprint density at radius 3 is 1.05 bits per heavy atom. The zero-order valence-corrected chi connectivity index (χ0v) is 56.6. The molecule has 0 spiro atoms. The Labute approximate surface area is 532 Å². The fourth-order valence-corrected chi connectivity index (χ4v) is 11.9. The second kappa shape index (κ2) is 65.8. The van der Waals surface area contributed by atoms with Gasteiger partial charge in [-0.05, 0) is 77.0 Å². The molecule has 1 aliphatic rings. The zero-order valence-electron chi connectivity index (χ0n) is 56.6. The Kier molecular flexibility index (Phi) is 62.7. The third-order valence-corrected chi connectivity index (χ3v) is 17.8. The van der Waals surface area contributed by atoms with E-state index in [1.807, 2.05) is 6.08 Å².